The number of ether oxygens (including phenoxy) is 2. The second kappa shape index (κ2) is 9.60. The molecule has 7 heteroatoms. The largest absolute Gasteiger partial charge is 0.490 e. The van der Waals surface area contributed by atoms with E-state index in [1.807, 2.05) is 6.07 Å². The van der Waals surface area contributed by atoms with Crippen molar-refractivity contribution in [2.75, 3.05) is 6.61 Å². The lowest BCUT2D eigenvalue weighted by Crippen LogP contribution is -2.25. The molecule has 0 spiro atoms. The smallest absolute Gasteiger partial charge is 0.316 e. The molecule has 0 bridgehead atoms. The van der Waals surface area contributed by atoms with Crippen LogP contribution in [-0.2, 0) is 16.1 Å². The average Bonchev–Trinajstić information content (AvgIpc) is 3.19. The summed E-state index contributed by atoms with van der Waals surface area (Å²) < 4.78 is 16.1. The highest BCUT2D eigenvalue weighted by Crippen LogP contribution is 2.31. The van der Waals surface area contributed by atoms with Gasteiger partial charge in [-0.05, 0) is 63.6 Å². The molecule has 0 saturated heterocycles. The number of furan rings is 1. The number of hydrogen-bond acceptors (Lipinski definition) is 6. The molecule has 1 aromatic carbocycles. The SMILES string of the molecule is CCOc1cc(/C=C(\C#N)C(=O)NCc2ccco2)ccc1OC(=O)C(C)(C)C. The van der Waals surface area contributed by atoms with E-state index < -0.39 is 17.3 Å². The van der Waals surface area contributed by atoms with E-state index in [-0.39, 0.29) is 17.9 Å². The number of rotatable bonds is 7. The summed E-state index contributed by atoms with van der Waals surface area (Å²) in [5.74, 6) is 0.304. The Morgan fingerprint density at radius 2 is 2.00 bits per heavy atom. The molecule has 0 aliphatic heterocycles. The standard InChI is InChI=1S/C22H24N2O5/c1-5-27-19-12-15(8-9-18(19)29-21(26)22(2,3)4)11-16(13-23)20(25)24-14-17-7-6-10-28-17/h6-12H,5,14H2,1-4H3,(H,24,25)/b16-11+. The van der Waals surface area contributed by atoms with Crippen molar-refractivity contribution in [1.82, 2.24) is 5.32 Å². The number of carbonyl (C=O) groups excluding carboxylic acids is 2. The summed E-state index contributed by atoms with van der Waals surface area (Å²) in [4.78, 5) is 24.4. The van der Waals surface area contributed by atoms with Gasteiger partial charge in [-0.15, -0.1) is 0 Å². The molecule has 7 nitrogen and oxygen atoms in total. The summed E-state index contributed by atoms with van der Waals surface area (Å²) >= 11 is 0. The van der Waals surface area contributed by atoms with Gasteiger partial charge in [0.2, 0.25) is 0 Å². The molecule has 2 aromatic rings. The molecule has 1 amide bonds. The number of benzene rings is 1. The number of esters is 1. The normalized spacial score (nSPS) is 11.5. The van der Waals surface area contributed by atoms with E-state index in [2.05, 4.69) is 5.32 Å². The van der Waals surface area contributed by atoms with Gasteiger partial charge >= 0.3 is 5.97 Å². The van der Waals surface area contributed by atoms with Gasteiger partial charge in [0.25, 0.3) is 5.91 Å². The minimum atomic E-state index is -0.665. The van der Waals surface area contributed by atoms with Crippen molar-refractivity contribution in [3.63, 3.8) is 0 Å². The van der Waals surface area contributed by atoms with Crippen molar-refractivity contribution in [3.8, 4) is 17.6 Å². The van der Waals surface area contributed by atoms with Crippen LogP contribution in [0.5, 0.6) is 11.5 Å². The zero-order valence-corrected chi connectivity index (χ0v) is 16.9. The highest BCUT2D eigenvalue weighted by Gasteiger charge is 2.25. The van der Waals surface area contributed by atoms with Crippen LogP contribution in [0.1, 0.15) is 39.0 Å². The van der Waals surface area contributed by atoms with Crippen LogP contribution in [0.3, 0.4) is 0 Å². The van der Waals surface area contributed by atoms with E-state index in [9.17, 15) is 14.9 Å². The molecular weight excluding hydrogens is 372 g/mol. The topological polar surface area (TPSA) is 102 Å². The van der Waals surface area contributed by atoms with Crippen molar-refractivity contribution in [1.29, 1.82) is 5.26 Å². The maximum Gasteiger partial charge on any atom is 0.316 e. The highest BCUT2D eigenvalue weighted by atomic mass is 16.6. The fourth-order valence-electron chi connectivity index (χ4n) is 2.21. The summed E-state index contributed by atoms with van der Waals surface area (Å²) in [6.07, 6.45) is 2.95. The lowest BCUT2D eigenvalue weighted by molar-refractivity contribution is -0.143. The van der Waals surface area contributed by atoms with Crippen molar-refractivity contribution >= 4 is 18.0 Å². The molecular formula is C22H24N2O5. The van der Waals surface area contributed by atoms with Crippen molar-refractivity contribution in [2.24, 2.45) is 5.41 Å². The van der Waals surface area contributed by atoms with E-state index in [0.29, 0.717) is 23.7 Å². The zero-order chi connectivity index (χ0) is 21.4. The molecule has 0 fully saturated rings. The molecule has 1 aromatic heterocycles. The third-order valence-electron chi connectivity index (χ3n) is 3.76. The van der Waals surface area contributed by atoms with Crippen LogP contribution < -0.4 is 14.8 Å². The third-order valence-corrected chi connectivity index (χ3v) is 3.76. The van der Waals surface area contributed by atoms with Crippen molar-refractivity contribution in [2.45, 2.75) is 34.2 Å². The second-order valence-corrected chi connectivity index (χ2v) is 7.21. The van der Waals surface area contributed by atoms with Gasteiger partial charge in [0.15, 0.2) is 11.5 Å². The first-order valence-electron chi connectivity index (χ1n) is 9.16. The van der Waals surface area contributed by atoms with E-state index in [0.717, 1.165) is 0 Å². The zero-order valence-electron chi connectivity index (χ0n) is 16.9. The summed E-state index contributed by atoms with van der Waals surface area (Å²) in [6.45, 7) is 7.62. The van der Waals surface area contributed by atoms with E-state index in [4.69, 9.17) is 13.9 Å². The molecule has 152 valence electrons. The third kappa shape index (κ3) is 6.25. The van der Waals surface area contributed by atoms with Crippen LogP contribution in [0, 0.1) is 16.7 Å². The first-order chi connectivity index (χ1) is 13.7. The lowest BCUT2D eigenvalue weighted by atomic mass is 9.97. The minimum Gasteiger partial charge on any atom is -0.490 e. The Hall–Kier alpha value is -3.53. The van der Waals surface area contributed by atoms with Crippen LogP contribution in [-0.4, -0.2) is 18.5 Å². The van der Waals surface area contributed by atoms with Gasteiger partial charge in [-0.2, -0.15) is 5.26 Å². The van der Waals surface area contributed by atoms with E-state index in [1.54, 1.807) is 58.0 Å². The molecule has 1 N–H and O–H groups in total. The predicted molar refractivity (Wildman–Crippen MR) is 107 cm³/mol. The molecule has 0 unspecified atom stereocenters. The van der Waals surface area contributed by atoms with Crippen molar-refractivity contribution in [3.05, 3.63) is 53.5 Å². The fourth-order valence-corrected chi connectivity index (χ4v) is 2.21. The predicted octanol–water partition coefficient (Wildman–Crippen LogP) is 3.85. The molecule has 0 saturated carbocycles. The number of nitrogens with zero attached hydrogens (tertiary/aromatic N) is 1. The number of carbonyl (C=O) groups is 2. The first-order valence-corrected chi connectivity index (χ1v) is 9.16. The Morgan fingerprint density at radius 3 is 2.59 bits per heavy atom. The van der Waals surface area contributed by atoms with Crippen LogP contribution in [0.25, 0.3) is 6.08 Å². The maximum absolute atomic E-state index is 12.3. The molecule has 0 radical (unpaired) electrons. The molecule has 0 aliphatic carbocycles. The Kier molecular flexibility index (Phi) is 7.21. The molecule has 1 heterocycles. The van der Waals surface area contributed by atoms with Gasteiger partial charge in [-0.1, -0.05) is 6.07 Å². The summed E-state index contributed by atoms with van der Waals surface area (Å²) in [5, 5.41) is 12.0. The second-order valence-electron chi connectivity index (χ2n) is 7.21. The number of nitrogens with one attached hydrogen (secondary N) is 1. The van der Waals surface area contributed by atoms with Crippen LogP contribution in [0.2, 0.25) is 0 Å². The van der Waals surface area contributed by atoms with Crippen molar-refractivity contribution < 1.29 is 23.5 Å². The molecule has 0 atom stereocenters. The fraction of sp³-hybridized carbons (Fsp3) is 0.318. The summed E-state index contributed by atoms with van der Waals surface area (Å²) in [7, 11) is 0. The van der Waals surface area contributed by atoms with Gasteiger partial charge in [0, 0.05) is 0 Å². The number of amides is 1. The van der Waals surface area contributed by atoms with Gasteiger partial charge in [0.1, 0.15) is 17.4 Å². The number of nitriles is 1. The summed E-state index contributed by atoms with van der Waals surface area (Å²) in [5.41, 5.74) is -0.172. The average molecular weight is 396 g/mol. The maximum atomic E-state index is 12.3. The lowest BCUT2D eigenvalue weighted by Gasteiger charge is -2.18. The monoisotopic (exact) mass is 396 g/mol. The van der Waals surface area contributed by atoms with Gasteiger partial charge in [-0.3, -0.25) is 9.59 Å². The Labute approximate surface area is 169 Å². The van der Waals surface area contributed by atoms with Gasteiger partial charge in [-0.25, -0.2) is 0 Å². The van der Waals surface area contributed by atoms with Gasteiger partial charge < -0.3 is 19.2 Å². The minimum absolute atomic E-state index is 0.0709. The molecule has 2 rings (SSSR count). The van der Waals surface area contributed by atoms with E-state index >= 15 is 0 Å². The van der Waals surface area contributed by atoms with E-state index in [1.165, 1.54) is 12.3 Å². The summed E-state index contributed by atoms with van der Waals surface area (Å²) in [6, 6.07) is 10.2. The first kappa shape index (κ1) is 21.8. The van der Waals surface area contributed by atoms with Crippen LogP contribution in [0.15, 0.2) is 46.6 Å². The highest BCUT2D eigenvalue weighted by molar-refractivity contribution is 6.01. The molecule has 0 aliphatic rings. The van der Waals surface area contributed by atoms with Crippen LogP contribution >= 0.6 is 0 Å². The quantitative estimate of drug-likeness (QED) is 0.330. The van der Waals surface area contributed by atoms with Crippen LogP contribution in [0.4, 0.5) is 0 Å². The molecule has 29 heavy (non-hydrogen) atoms. The number of hydrogen-bond donors (Lipinski definition) is 1. The Morgan fingerprint density at radius 1 is 1.24 bits per heavy atom. The Balaban J connectivity index is 2.21. The Bertz CT molecular complexity index is 931. The van der Waals surface area contributed by atoms with Gasteiger partial charge in [0.05, 0.1) is 24.8 Å².